The number of benzene rings is 1. The molecule has 1 saturated heterocycles. The molecule has 2 N–H and O–H groups in total. The van der Waals surface area contributed by atoms with Gasteiger partial charge < -0.3 is 15.4 Å². The fourth-order valence-electron chi connectivity index (χ4n) is 2.47. The molecule has 0 aliphatic carbocycles. The molecule has 1 aromatic carbocycles. The van der Waals surface area contributed by atoms with Crippen molar-refractivity contribution in [3.05, 3.63) is 35.4 Å². The molecule has 1 aliphatic heterocycles. The molecular weight excluding hydrogens is 306 g/mol. The Morgan fingerprint density at radius 3 is 2.38 bits per heavy atom. The molecule has 0 atom stereocenters. The first-order valence-corrected chi connectivity index (χ1v) is 8.36. The Hall–Kier alpha value is -1.92. The first-order chi connectivity index (χ1) is 11.3. The Bertz CT molecular complexity index is 575. The number of hydrogen-bond donors (Lipinski definition) is 2. The summed E-state index contributed by atoms with van der Waals surface area (Å²) in [6.45, 7) is 10.5. The molecule has 0 radical (unpaired) electrons. The summed E-state index contributed by atoms with van der Waals surface area (Å²) >= 11 is 0. The zero-order chi connectivity index (χ0) is 17.6. The van der Waals surface area contributed by atoms with Crippen molar-refractivity contribution in [1.29, 1.82) is 0 Å². The number of nitrogens with one attached hydrogen (secondary N) is 2. The lowest BCUT2D eigenvalue weighted by molar-refractivity contribution is 0.0383. The van der Waals surface area contributed by atoms with Gasteiger partial charge in [0.25, 0.3) is 11.8 Å². The summed E-state index contributed by atoms with van der Waals surface area (Å²) in [5.74, 6) is -0.334. The maximum atomic E-state index is 12.3. The highest BCUT2D eigenvalue weighted by Crippen LogP contribution is 2.08. The van der Waals surface area contributed by atoms with Gasteiger partial charge in [0.05, 0.1) is 13.2 Å². The van der Waals surface area contributed by atoms with Gasteiger partial charge in [0, 0.05) is 42.8 Å². The van der Waals surface area contributed by atoms with Crippen LogP contribution in [-0.4, -0.2) is 61.6 Å². The third-order valence-corrected chi connectivity index (χ3v) is 3.69. The lowest BCUT2D eigenvalue weighted by atomic mass is 10.1. The van der Waals surface area contributed by atoms with Crippen molar-refractivity contribution in [3.63, 3.8) is 0 Å². The van der Waals surface area contributed by atoms with E-state index < -0.39 is 0 Å². The van der Waals surface area contributed by atoms with Gasteiger partial charge in [0.15, 0.2) is 0 Å². The van der Waals surface area contributed by atoms with Crippen LogP contribution in [0.2, 0.25) is 0 Å². The quantitative estimate of drug-likeness (QED) is 0.851. The van der Waals surface area contributed by atoms with E-state index in [9.17, 15) is 9.59 Å². The van der Waals surface area contributed by atoms with E-state index in [1.54, 1.807) is 24.3 Å². The van der Waals surface area contributed by atoms with Crippen LogP contribution in [0.25, 0.3) is 0 Å². The van der Waals surface area contributed by atoms with E-state index in [2.05, 4.69) is 15.5 Å². The fraction of sp³-hybridized carbons (Fsp3) is 0.556. The van der Waals surface area contributed by atoms with Gasteiger partial charge in [-0.15, -0.1) is 0 Å². The highest BCUT2D eigenvalue weighted by molar-refractivity contribution is 5.99. The Kier molecular flexibility index (Phi) is 6.34. The highest BCUT2D eigenvalue weighted by atomic mass is 16.5. The highest BCUT2D eigenvalue weighted by Gasteiger charge is 2.16. The van der Waals surface area contributed by atoms with Crippen molar-refractivity contribution in [2.24, 2.45) is 0 Å². The molecule has 0 saturated carbocycles. The van der Waals surface area contributed by atoms with E-state index in [1.165, 1.54) is 0 Å². The monoisotopic (exact) mass is 333 g/mol. The summed E-state index contributed by atoms with van der Waals surface area (Å²) in [6.07, 6.45) is 0. The molecule has 1 heterocycles. The summed E-state index contributed by atoms with van der Waals surface area (Å²) in [4.78, 5) is 26.7. The number of rotatable bonds is 5. The molecule has 0 spiro atoms. The average Bonchev–Trinajstić information content (AvgIpc) is 2.54. The van der Waals surface area contributed by atoms with Gasteiger partial charge in [-0.1, -0.05) is 6.07 Å². The number of carbonyl (C=O) groups excluding carboxylic acids is 2. The van der Waals surface area contributed by atoms with Crippen LogP contribution in [0.3, 0.4) is 0 Å². The minimum Gasteiger partial charge on any atom is -0.379 e. The van der Waals surface area contributed by atoms with Crippen molar-refractivity contribution >= 4 is 11.8 Å². The molecule has 6 heteroatoms. The Balaban J connectivity index is 1.87. The number of morpholine rings is 1. The smallest absolute Gasteiger partial charge is 0.251 e. The second-order valence-electron chi connectivity index (χ2n) is 6.99. The number of carbonyl (C=O) groups is 2. The van der Waals surface area contributed by atoms with Gasteiger partial charge in [-0.3, -0.25) is 14.5 Å². The van der Waals surface area contributed by atoms with E-state index >= 15 is 0 Å². The zero-order valence-corrected chi connectivity index (χ0v) is 14.7. The molecule has 132 valence electrons. The van der Waals surface area contributed by atoms with E-state index in [0.717, 1.165) is 32.8 Å². The number of amides is 2. The maximum Gasteiger partial charge on any atom is 0.251 e. The molecular formula is C18H27N3O3. The molecule has 1 aromatic rings. The van der Waals surface area contributed by atoms with Gasteiger partial charge in [-0.2, -0.15) is 0 Å². The molecule has 24 heavy (non-hydrogen) atoms. The normalized spacial score (nSPS) is 15.8. The molecule has 1 fully saturated rings. The van der Waals surface area contributed by atoms with Gasteiger partial charge in [-0.05, 0) is 39.0 Å². The lowest BCUT2D eigenvalue weighted by Gasteiger charge is -2.26. The zero-order valence-electron chi connectivity index (χ0n) is 14.7. The third kappa shape index (κ3) is 5.94. The van der Waals surface area contributed by atoms with E-state index in [4.69, 9.17) is 4.74 Å². The van der Waals surface area contributed by atoms with Crippen molar-refractivity contribution in [3.8, 4) is 0 Å². The van der Waals surface area contributed by atoms with Crippen molar-refractivity contribution in [1.82, 2.24) is 15.5 Å². The summed E-state index contributed by atoms with van der Waals surface area (Å²) in [5, 5.41) is 5.81. The second-order valence-corrected chi connectivity index (χ2v) is 6.99. The first kappa shape index (κ1) is 18.4. The summed E-state index contributed by atoms with van der Waals surface area (Å²) in [5.41, 5.74) is 0.678. The molecule has 0 unspecified atom stereocenters. The third-order valence-electron chi connectivity index (χ3n) is 3.69. The van der Waals surface area contributed by atoms with Crippen LogP contribution in [0.5, 0.6) is 0 Å². The molecule has 6 nitrogen and oxygen atoms in total. The standard InChI is InChI=1S/C18H27N3O3/c1-18(2,3)20-17(23)15-6-4-5-14(13-15)16(22)19-7-8-21-9-11-24-12-10-21/h4-6,13H,7-12H2,1-3H3,(H,19,22)(H,20,23). The van der Waals surface area contributed by atoms with E-state index in [-0.39, 0.29) is 17.4 Å². The largest absolute Gasteiger partial charge is 0.379 e. The molecule has 2 rings (SSSR count). The van der Waals surface area contributed by atoms with Crippen molar-refractivity contribution in [2.45, 2.75) is 26.3 Å². The van der Waals surface area contributed by atoms with Crippen molar-refractivity contribution < 1.29 is 14.3 Å². The Morgan fingerprint density at radius 2 is 1.75 bits per heavy atom. The summed E-state index contributed by atoms with van der Waals surface area (Å²) in [6, 6.07) is 6.79. The van der Waals surface area contributed by atoms with Crippen LogP contribution in [0, 0.1) is 0 Å². The topological polar surface area (TPSA) is 70.7 Å². The maximum absolute atomic E-state index is 12.3. The molecule has 1 aliphatic rings. The minimum absolute atomic E-state index is 0.159. The van der Waals surface area contributed by atoms with Crippen LogP contribution in [0.4, 0.5) is 0 Å². The fourth-order valence-corrected chi connectivity index (χ4v) is 2.47. The number of ether oxygens (including phenoxy) is 1. The Labute approximate surface area is 143 Å². The first-order valence-electron chi connectivity index (χ1n) is 8.36. The van der Waals surface area contributed by atoms with Gasteiger partial charge >= 0.3 is 0 Å². The molecule has 0 aromatic heterocycles. The predicted octanol–water partition coefficient (Wildman–Crippen LogP) is 1.28. The summed E-state index contributed by atoms with van der Waals surface area (Å²) < 4.78 is 5.30. The molecule has 0 bridgehead atoms. The van der Waals surface area contributed by atoms with Crippen molar-refractivity contribution in [2.75, 3.05) is 39.4 Å². The van der Waals surface area contributed by atoms with Crippen LogP contribution in [0.15, 0.2) is 24.3 Å². The van der Waals surface area contributed by atoms with Gasteiger partial charge in [-0.25, -0.2) is 0 Å². The molecule has 2 amide bonds. The van der Waals surface area contributed by atoms with Crippen LogP contribution in [0.1, 0.15) is 41.5 Å². The number of hydrogen-bond acceptors (Lipinski definition) is 4. The lowest BCUT2D eigenvalue weighted by Crippen LogP contribution is -2.41. The van der Waals surface area contributed by atoms with Crippen LogP contribution < -0.4 is 10.6 Å². The number of nitrogens with zero attached hydrogens (tertiary/aromatic N) is 1. The van der Waals surface area contributed by atoms with E-state index in [1.807, 2.05) is 20.8 Å². The minimum atomic E-state index is -0.312. The predicted molar refractivity (Wildman–Crippen MR) is 93.3 cm³/mol. The van der Waals surface area contributed by atoms with Crippen LogP contribution in [-0.2, 0) is 4.74 Å². The van der Waals surface area contributed by atoms with Crippen LogP contribution >= 0.6 is 0 Å². The SMILES string of the molecule is CC(C)(C)NC(=O)c1cccc(C(=O)NCCN2CCOCC2)c1. The van der Waals surface area contributed by atoms with Gasteiger partial charge in [0.2, 0.25) is 0 Å². The van der Waals surface area contributed by atoms with Gasteiger partial charge in [0.1, 0.15) is 0 Å². The average molecular weight is 333 g/mol. The summed E-state index contributed by atoms with van der Waals surface area (Å²) in [7, 11) is 0. The van der Waals surface area contributed by atoms with E-state index in [0.29, 0.717) is 17.7 Å². The second kappa shape index (κ2) is 8.26. The Morgan fingerprint density at radius 1 is 1.12 bits per heavy atom.